The van der Waals surface area contributed by atoms with Gasteiger partial charge in [0.15, 0.2) is 5.69 Å². The molecule has 0 aliphatic carbocycles. The van der Waals surface area contributed by atoms with Gasteiger partial charge in [0.1, 0.15) is 15.6 Å². The van der Waals surface area contributed by atoms with Crippen molar-refractivity contribution in [1.82, 2.24) is 25.2 Å². The molecule has 4 aromatic rings. The van der Waals surface area contributed by atoms with E-state index in [4.69, 9.17) is 4.74 Å². The fraction of sp³-hybridized carbons (Fsp3) is 0.355. The lowest BCUT2D eigenvalue weighted by molar-refractivity contribution is -0.141. The van der Waals surface area contributed by atoms with Gasteiger partial charge in [-0.15, -0.1) is 11.3 Å². The van der Waals surface area contributed by atoms with E-state index in [2.05, 4.69) is 30.1 Å². The third kappa shape index (κ3) is 7.56. The average Bonchev–Trinajstić information content (AvgIpc) is 3.49. The molecular weight excluding hydrogens is 577 g/mol. The number of thiazole rings is 1. The van der Waals surface area contributed by atoms with Crippen LogP contribution in [0.25, 0.3) is 10.7 Å². The molecule has 1 saturated heterocycles. The van der Waals surface area contributed by atoms with Crippen molar-refractivity contribution >= 4 is 22.9 Å². The van der Waals surface area contributed by atoms with Gasteiger partial charge in [0.25, 0.3) is 5.91 Å². The number of hydrogen-bond acceptors (Lipinski definition) is 8. The molecule has 8 nitrogen and oxygen atoms in total. The SMILES string of the molecule is CCN(Cc1ccncc1)Cc1cccnc1-c1nc(C(F)(F)F)c(C(=O)N[C@@H](C)c2cccc(N3CCOCC3)c2)s1. The predicted octanol–water partition coefficient (Wildman–Crippen LogP) is 5.97. The maximum atomic E-state index is 14.2. The number of carbonyl (C=O) groups is 1. The molecule has 5 rings (SSSR count). The highest BCUT2D eigenvalue weighted by atomic mass is 32.1. The van der Waals surface area contributed by atoms with Crippen molar-refractivity contribution in [2.24, 2.45) is 0 Å². The molecule has 1 amide bonds. The first kappa shape index (κ1) is 30.6. The van der Waals surface area contributed by atoms with Crippen LogP contribution in [0, 0.1) is 0 Å². The third-order valence-corrected chi connectivity index (χ3v) is 8.35. The average molecular weight is 611 g/mol. The topological polar surface area (TPSA) is 83.5 Å². The van der Waals surface area contributed by atoms with E-state index in [0.717, 1.165) is 35.5 Å². The number of aromatic nitrogens is 3. The van der Waals surface area contributed by atoms with Gasteiger partial charge in [0, 0.05) is 50.5 Å². The molecule has 1 aromatic carbocycles. The highest BCUT2D eigenvalue weighted by Crippen LogP contribution is 2.38. The zero-order chi connectivity index (χ0) is 30.4. The molecule has 226 valence electrons. The minimum Gasteiger partial charge on any atom is -0.378 e. The summed E-state index contributed by atoms with van der Waals surface area (Å²) in [5.41, 5.74) is 2.68. The van der Waals surface area contributed by atoms with Gasteiger partial charge >= 0.3 is 6.18 Å². The summed E-state index contributed by atoms with van der Waals surface area (Å²) in [6.07, 6.45) is 0.158. The molecule has 1 fully saturated rings. The Morgan fingerprint density at radius 3 is 2.58 bits per heavy atom. The second kappa shape index (κ2) is 13.6. The number of hydrogen-bond donors (Lipinski definition) is 1. The predicted molar refractivity (Wildman–Crippen MR) is 160 cm³/mol. The standard InChI is InChI=1S/C31H33F3N6O2S/c1-3-39(19-22-9-12-35-13-10-22)20-24-7-5-11-36-26(24)30-38-28(31(32,33)34)27(43-30)29(41)37-21(2)23-6-4-8-25(18-23)40-14-16-42-17-15-40/h4-13,18,21H,3,14-17,19-20H2,1-2H3,(H,37,41)/t21-/m0/s1. The van der Waals surface area contributed by atoms with Crippen molar-refractivity contribution in [3.8, 4) is 10.7 Å². The lowest BCUT2D eigenvalue weighted by Gasteiger charge is -2.29. The summed E-state index contributed by atoms with van der Waals surface area (Å²) in [4.78, 5) is 29.6. The second-order valence-electron chi connectivity index (χ2n) is 10.3. The number of pyridine rings is 2. The maximum absolute atomic E-state index is 14.2. The van der Waals surface area contributed by atoms with Crippen molar-refractivity contribution in [2.75, 3.05) is 37.7 Å². The Kier molecular flexibility index (Phi) is 9.69. The number of morpholine rings is 1. The van der Waals surface area contributed by atoms with Crippen LogP contribution in [0.15, 0.2) is 67.1 Å². The Hall–Kier alpha value is -3.87. The van der Waals surface area contributed by atoms with Crippen molar-refractivity contribution < 1.29 is 22.7 Å². The summed E-state index contributed by atoms with van der Waals surface area (Å²) in [5.74, 6) is -0.828. The molecule has 43 heavy (non-hydrogen) atoms. The van der Waals surface area contributed by atoms with E-state index in [1.807, 2.05) is 49.4 Å². The number of alkyl halides is 3. The summed E-state index contributed by atoms with van der Waals surface area (Å²) in [6.45, 7) is 8.31. The van der Waals surface area contributed by atoms with Gasteiger partial charge in [-0.3, -0.25) is 19.7 Å². The Balaban J connectivity index is 1.38. The highest BCUT2D eigenvalue weighted by Gasteiger charge is 2.40. The van der Waals surface area contributed by atoms with Crippen LogP contribution in [0.5, 0.6) is 0 Å². The molecular formula is C31H33F3N6O2S. The van der Waals surface area contributed by atoms with E-state index in [-0.39, 0.29) is 5.01 Å². The number of halogens is 3. The van der Waals surface area contributed by atoms with E-state index in [0.29, 0.717) is 49.9 Å². The van der Waals surface area contributed by atoms with Crippen LogP contribution in [-0.2, 0) is 24.0 Å². The lowest BCUT2D eigenvalue weighted by atomic mass is 10.1. The molecule has 4 heterocycles. The molecule has 0 spiro atoms. The maximum Gasteiger partial charge on any atom is 0.435 e. The number of benzene rings is 1. The molecule has 1 N–H and O–H groups in total. The van der Waals surface area contributed by atoms with Crippen LogP contribution < -0.4 is 10.2 Å². The Morgan fingerprint density at radius 2 is 1.86 bits per heavy atom. The normalized spacial score (nSPS) is 14.6. The summed E-state index contributed by atoms with van der Waals surface area (Å²) in [5, 5.41) is 2.81. The van der Waals surface area contributed by atoms with Crippen LogP contribution >= 0.6 is 11.3 Å². The van der Waals surface area contributed by atoms with E-state index in [9.17, 15) is 18.0 Å². The number of ether oxygens (including phenoxy) is 1. The monoisotopic (exact) mass is 610 g/mol. The van der Waals surface area contributed by atoms with Gasteiger partial charge in [-0.05, 0) is 60.5 Å². The Bertz CT molecular complexity index is 1530. The molecule has 0 radical (unpaired) electrons. The van der Waals surface area contributed by atoms with Crippen molar-refractivity contribution in [3.63, 3.8) is 0 Å². The number of anilines is 1. The molecule has 1 aliphatic rings. The first-order chi connectivity index (χ1) is 20.7. The summed E-state index contributed by atoms with van der Waals surface area (Å²) >= 11 is 0.709. The number of nitrogens with one attached hydrogen (secondary N) is 1. The molecule has 1 atom stereocenters. The summed E-state index contributed by atoms with van der Waals surface area (Å²) in [7, 11) is 0. The minimum absolute atomic E-state index is 0.0509. The van der Waals surface area contributed by atoms with Gasteiger partial charge in [0.05, 0.1) is 19.3 Å². The quantitative estimate of drug-likeness (QED) is 0.237. The number of nitrogens with zero attached hydrogens (tertiary/aromatic N) is 5. The molecule has 12 heteroatoms. The van der Waals surface area contributed by atoms with Crippen LogP contribution in [0.2, 0.25) is 0 Å². The zero-order valence-corrected chi connectivity index (χ0v) is 24.8. The van der Waals surface area contributed by atoms with E-state index in [1.165, 1.54) is 6.20 Å². The Labute approximate surface area is 252 Å². The van der Waals surface area contributed by atoms with Gasteiger partial charge < -0.3 is 15.0 Å². The van der Waals surface area contributed by atoms with Gasteiger partial charge in [-0.2, -0.15) is 13.2 Å². The van der Waals surface area contributed by atoms with Gasteiger partial charge in [-0.1, -0.05) is 25.1 Å². The van der Waals surface area contributed by atoms with Crippen LogP contribution in [0.3, 0.4) is 0 Å². The van der Waals surface area contributed by atoms with Crippen LogP contribution in [0.4, 0.5) is 18.9 Å². The van der Waals surface area contributed by atoms with Crippen molar-refractivity contribution in [3.05, 3.63) is 94.4 Å². The van der Waals surface area contributed by atoms with Gasteiger partial charge in [0.2, 0.25) is 0 Å². The van der Waals surface area contributed by atoms with Gasteiger partial charge in [-0.25, -0.2) is 4.98 Å². The van der Waals surface area contributed by atoms with E-state index < -0.39 is 28.7 Å². The molecule has 1 aliphatic heterocycles. The van der Waals surface area contributed by atoms with Crippen LogP contribution in [-0.4, -0.2) is 58.6 Å². The fourth-order valence-corrected chi connectivity index (χ4v) is 5.97. The van der Waals surface area contributed by atoms with Crippen molar-refractivity contribution in [1.29, 1.82) is 0 Å². The molecule has 0 bridgehead atoms. The molecule has 3 aromatic heterocycles. The molecule has 0 saturated carbocycles. The van der Waals surface area contributed by atoms with E-state index >= 15 is 0 Å². The first-order valence-electron chi connectivity index (χ1n) is 14.1. The summed E-state index contributed by atoms with van der Waals surface area (Å²) in [6, 6.07) is 14.5. The second-order valence-corrected chi connectivity index (χ2v) is 11.3. The van der Waals surface area contributed by atoms with Crippen LogP contribution in [0.1, 0.15) is 51.9 Å². The first-order valence-corrected chi connectivity index (χ1v) is 14.9. The lowest BCUT2D eigenvalue weighted by Crippen LogP contribution is -2.36. The zero-order valence-electron chi connectivity index (χ0n) is 24.0. The van der Waals surface area contributed by atoms with E-state index in [1.54, 1.807) is 25.4 Å². The molecule has 0 unspecified atom stereocenters. The minimum atomic E-state index is -4.81. The Morgan fingerprint density at radius 1 is 1.09 bits per heavy atom. The number of rotatable bonds is 10. The fourth-order valence-electron chi connectivity index (χ4n) is 4.95. The van der Waals surface area contributed by atoms with Crippen molar-refractivity contribution in [2.45, 2.75) is 39.2 Å². The third-order valence-electron chi connectivity index (χ3n) is 7.29. The number of amides is 1. The highest BCUT2D eigenvalue weighted by molar-refractivity contribution is 7.17. The summed E-state index contributed by atoms with van der Waals surface area (Å²) < 4.78 is 48.0. The largest absolute Gasteiger partial charge is 0.435 e. The smallest absolute Gasteiger partial charge is 0.378 e. The number of carbonyl (C=O) groups excluding carboxylic acids is 1.